The topological polar surface area (TPSA) is 93.4 Å². The average molecular weight is 414 g/mol. The predicted molar refractivity (Wildman–Crippen MR) is 110 cm³/mol. The maximum Gasteiger partial charge on any atom is 0.110 e. The van der Waals surface area contributed by atoms with Crippen LogP contribution in [0.25, 0.3) is 0 Å². The zero-order chi connectivity index (χ0) is 19.5. The van der Waals surface area contributed by atoms with Crippen molar-refractivity contribution in [3.63, 3.8) is 0 Å². The van der Waals surface area contributed by atoms with E-state index < -0.39 is 24.4 Å². The Labute approximate surface area is 173 Å². The van der Waals surface area contributed by atoms with Gasteiger partial charge in [-0.1, -0.05) is 42.9 Å². The lowest BCUT2D eigenvalue weighted by Crippen LogP contribution is -2.43. The van der Waals surface area contributed by atoms with Crippen LogP contribution >= 0.6 is 12.4 Å². The Bertz CT molecular complexity index is 575. The number of aliphatic hydroxyl groups excluding tert-OH is 4. The maximum absolute atomic E-state index is 9.84. The summed E-state index contributed by atoms with van der Waals surface area (Å²) in [7, 11) is 0. The Morgan fingerprint density at radius 1 is 0.893 bits per heavy atom. The Kier molecular flexibility index (Phi) is 12.4. The molecule has 1 heterocycles. The fourth-order valence-corrected chi connectivity index (χ4v) is 3.13. The molecule has 1 fully saturated rings. The van der Waals surface area contributed by atoms with Crippen LogP contribution in [0.1, 0.15) is 31.2 Å². The van der Waals surface area contributed by atoms with Crippen molar-refractivity contribution in [1.29, 1.82) is 0 Å². The van der Waals surface area contributed by atoms with E-state index in [1.54, 1.807) is 0 Å². The first-order valence-corrected chi connectivity index (χ1v) is 9.64. The summed E-state index contributed by atoms with van der Waals surface area (Å²) in [5.41, 5.74) is 0.991. The molecule has 1 aliphatic rings. The van der Waals surface area contributed by atoms with Crippen molar-refractivity contribution >= 4 is 12.4 Å². The largest absolute Gasteiger partial charge is 0.389 e. The van der Waals surface area contributed by atoms with Gasteiger partial charge in [-0.15, -0.1) is 12.4 Å². The van der Waals surface area contributed by atoms with E-state index in [0.29, 0.717) is 13.2 Å². The molecule has 0 unspecified atom stereocenters. The van der Waals surface area contributed by atoms with Crippen LogP contribution in [-0.2, 0) is 4.74 Å². The predicted octanol–water partition coefficient (Wildman–Crippen LogP) is 0.796. The third kappa shape index (κ3) is 8.89. The minimum absolute atomic E-state index is 0. The molecule has 6 nitrogen and oxygen atoms in total. The van der Waals surface area contributed by atoms with Gasteiger partial charge < -0.3 is 25.2 Å². The molecule has 0 aliphatic carbocycles. The van der Waals surface area contributed by atoms with E-state index in [1.165, 1.54) is 0 Å². The highest BCUT2D eigenvalue weighted by Crippen LogP contribution is 2.14. The van der Waals surface area contributed by atoms with E-state index in [2.05, 4.69) is 11.8 Å². The zero-order valence-electron chi connectivity index (χ0n) is 16.1. The van der Waals surface area contributed by atoms with Crippen molar-refractivity contribution in [3.8, 4) is 11.8 Å². The molecule has 1 aliphatic heterocycles. The van der Waals surface area contributed by atoms with Crippen molar-refractivity contribution in [2.45, 2.75) is 50.1 Å². The highest BCUT2D eigenvalue weighted by atomic mass is 35.5. The average Bonchev–Trinajstić information content (AvgIpc) is 2.76. The zero-order valence-corrected chi connectivity index (χ0v) is 16.9. The van der Waals surface area contributed by atoms with Gasteiger partial charge in [-0.3, -0.25) is 4.90 Å². The number of halogens is 1. The number of benzene rings is 1. The number of hydrogen-bond donors (Lipinski definition) is 4. The summed E-state index contributed by atoms with van der Waals surface area (Å²) >= 11 is 0. The van der Waals surface area contributed by atoms with Crippen molar-refractivity contribution in [2.75, 3.05) is 32.8 Å². The van der Waals surface area contributed by atoms with Crippen LogP contribution in [0.3, 0.4) is 0 Å². The summed E-state index contributed by atoms with van der Waals surface area (Å²) in [6.45, 7) is 2.36. The van der Waals surface area contributed by atoms with E-state index in [0.717, 1.165) is 37.8 Å². The van der Waals surface area contributed by atoms with Gasteiger partial charge >= 0.3 is 0 Å². The molecule has 0 saturated carbocycles. The number of aliphatic hydroxyl groups is 4. The lowest BCUT2D eigenvalue weighted by Gasteiger charge is -2.23. The van der Waals surface area contributed by atoms with Crippen LogP contribution in [0.4, 0.5) is 0 Å². The van der Waals surface area contributed by atoms with Crippen LogP contribution < -0.4 is 0 Å². The molecule has 4 N–H and O–H groups in total. The smallest absolute Gasteiger partial charge is 0.110 e. The first-order valence-electron chi connectivity index (χ1n) is 9.64. The van der Waals surface area contributed by atoms with E-state index in [9.17, 15) is 20.4 Å². The van der Waals surface area contributed by atoms with Gasteiger partial charge in [0.2, 0.25) is 0 Å². The van der Waals surface area contributed by atoms with Crippen LogP contribution in [0.15, 0.2) is 30.3 Å². The Morgan fingerprint density at radius 3 is 2.14 bits per heavy atom. The fourth-order valence-electron chi connectivity index (χ4n) is 3.13. The number of nitrogens with zero attached hydrogens (tertiary/aromatic N) is 1. The van der Waals surface area contributed by atoms with Gasteiger partial charge in [-0.05, 0) is 31.5 Å². The summed E-state index contributed by atoms with van der Waals surface area (Å²) in [6, 6.07) is 9.82. The second kappa shape index (κ2) is 13.9. The van der Waals surface area contributed by atoms with Gasteiger partial charge in [-0.25, -0.2) is 0 Å². The van der Waals surface area contributed by atoms with Gasteiger partial charge in [0.15, 0.2) is 0 Å². The first kappa shape index (κ1) is 24.9. The third-order valence-corrected chi connectivity index (χ3v) is 4.72. The first-order chi connectivity index (χ1) is 13.1. The number of hydrogen-bond acceptors (Lipinski definition) is 6. The summed E-state index contributed by atoms with van der Waals surface area (Å²) in [6.07, 6.45) is -0.720. The molecule has 0 spiro atoms. The molecule has 1 aromatic carbocycles. The van der Waals surface area contributed by atoms with E-state index in [-0.39, 0.29) is 25.5 Å². The van der Waals surface area contributed by atoms with Crippen molar-refractivity contribution in [1.82, 2.24) is 4.90 Å². The molecule has 1 saturated heterocycles. The van der Waals surface area contributed by atoms with E-state index >= 15 is 0 Å². The summed E-state index contributed by atoms with van der Waals surface area (Å²) in [5.74, 6) is 6.05. The van der Waals surface area contributed by atoms with Crippen molar-refractivity contribution in [2.24, 2.45) is 0 Å². The van der Waals surface area contributed by atoms with Gasteiger partial charge in [0.25, 0.3) is 0 Å². The number of rotatable bonds is 8. The number of ether oxygens (including phenoxy) is 1. The molecule has 7 heteroatoms. The molecule has 4 atom stereocenters. The molecule has 0 aromatic heterocycles. The number of likely N-dealkylation sites (tertiary alicyclic amines) is 1. The second-order valence-electron chi connectivity index (χ2n) is 7.01. The fraction of sp³-hybridized carbons (Fsp3) is 0.619. The highest BCUT2D eigenvalue weighted by molar-refractivity contribution is 5.85. The van der Waals surface area contributed by atoms with Crippen molar-refractivity contribution in [3.05, 3.63) is 35.9 Å². The lowest BCUT2D eigenvalue weighted by molar-refractivity contribution is -0.0894. The third-order valence-electron chi connectivity index (χ3n) is 4.72. The summed E-state index contributed by atoms with van der Waals surface area (Å²) in [4.78, 5) is 1.89. The molecule has 1 aromatic rings. The van der Waals surface area contributed by atoms with Crippen molar-refractivity contribution < 1.29 is 25.2 Å². The van der Waals surface area contributed by atoms with Gasteiger partial charge in [0, 0.05) is 25.3 Å². The Balaban J connectivity index is 0.00000392. The molecule has 0 radical (unpaired) electrons. The molecule has 158 valence electrons. The van der Waals surface area contributed by atoms with Crippen LogP contribution in [0.2, 0.25) is 0 Å². The maximum atomic E-state index is 9.84. The molecular weight excluding hydrogens is 382 g/mol. The van der Waals surface area contributed by atoms with E-state index in [1.807, 2.05) is 35.2 Å². The quantitative estimate of drug-likeness (QED) is 0.372. The Morgan fingerprint density at radius 2 is 1.50 bits per heavy atom. The second-order valence-corrected chi connectivity index (χ2v) is 7.01. The number of β-amino-alcohol motifs (C(OH)–C–C–N with tert-alkyl or cyclic N) is 2. The normalized spacial score (nSPS) is 25.3. The highest BCUT2D eigenvalue weighted by Gasteiger charge is 2.35. The Hall–Kier alpha value is -1.17. The SMILES string of the molecule is Cl.O[C@H]1[C@H](O)[C@@H](O)CN(CCCCCCOCC#Cc2ccccc2)C[C@@H]1O. The minimum atomic E-state index is -1.30. The molecule has 0 amide bonds. The number of unbranched alkanes of at least 4 members (excludes halogenated alkanes) is 3. The lowest BCUT2D eigenvalue weighted by atomic mass is 10.1. The van der Waals surface area contributed by atoms with Gasteiger partial charge in [0.05, 0.1) is 12.2 Å². The monoisotopic (exact) mass is 413 g/mol. The minimum Gasteiger partial charge on any atom is -0.389 e. The van der Waals surface area contributed by atoms with Gasteiger partial charge in [0.1, 0.15) is 18.8 Å². The van der Waals surface area contributed by atoms with Crippen LogP contribution in [0.5, 0.6) is 0 Å². The standard InChI is InChI=1S/C21H31NO5.ClH/c23-18-15-22(16-19(24)21(26)20(18)25)12-6-1-2-7-13-27-14-8-11-17-9-4-3-5-10-17;/h3-5,9-10,18-21,23-26H,1-2,6-7,12-16H2;1H/t18-,19-,20+,21+;/m0./s1. The van der Waals surface area contributed by atoms with Gasteiger partial charge in [-0.2, -0.15) is 0 Å². The summed E-state index contributed by atoms with van der Waals surface area (Å²) < 4.78 is 5.51. The molecular formula is C21H32ClNO5. The van der Waals surface area contributed by atoms with E-state index in [4.69, 9.17) is 4.74 Å². The molecule has 0 bridgehead atoms. The molecule has 28 heavy (non-hydrogen) atoms. The molecule has 2 rings (SSSR count). The van der Waals surface area contributed by atoms with Crippen LogP contribution in [0, 0.1) is 11.8 Å². The summed E-state index contributed by atoms with van der Waals surface area (Å²) in [5, 5.41) is 39.1. The van der Waals surface area contributed by atoms with Crippen LogP contribution in [-0.4, -0.2) is 82.6 Å².